The molecule has 1 aliphatic carbocycles. The van der Waals surface area contributed by atoms with Crippen LogP contribution in [0.15, 0.2) is 34.9 Å². The summed E-state index contributed by atoms with van der Waals surface area (Å²) in [5.41, 5.74) is 0.396. The summed E-state index contributed by atoms with van der Waals surface area (Å²) >= 11 is 5.57. The first-order chi connectivity index (χ1) is 13.3. The van der Waals surface area contributed by atoms with Gasteiger partial charge in [-0.1, -0.05) is 18.2 Å². The van der Waals surface area contributed by atoms with Crippen molar-refractivity contribution in [3.8, 4) is 5.75 Å². The van der Waals surface area contributed by atoms with Crippen molar-refractivity contribution in [3.05, 3.63) is 53.1 Å². The lowest BCUT2D eigenvalue weighted by atomic mass is 10.2. The fraction of sp³-hybridized carbons (Fsp3) is 0.389. The predicted molar refractivity (Wildman–Crippen MR) is 93.7 cm³/mol. The van der Waals surface area contributed by atoms with Gasteiger partial charge in [-0.05, 0) is 25.0 Å². The third-order valence-electron chi connectivity index (χ3n) is 4.18. The fourth-order valence-corrected chi connectivity index (χ4v) is 2.68. The molecule has 1 N–H and O–H groups in total. The van der Waals surface area contributed by atoms with Crippen molar-refractivity contribution in [2.45, 2.75) is 31.6 Å². The molecule has 1 heterocycles. The number of nitrogens with zero attached hydrogens (tertiary/aromatic N) is 2. The smallest absolute Gasteiger partial charge is 0.262 e. The number of allylic oxidation sites excluding steroid dienone is 1. The number of benzene rings is 1. The second-order valence-corrected chi connectivity index (χ2v) is 6.80. The quantitative estimate of drug-likeness (QED) is 0.672. The first kappa shape index (κ1) is 20.2. The second kappa shape index (κ2) is 8.64. The maximum Gasteiger partial charge on any atom is 0.262 e. The molecule has 3 rings (SSSR count). The number of hydrogen-bond donors (Lipinski definition) is 1. The van der Waals surface area contributed by atoms with Crippen molar-refractivity contribution in [1.29, 1.82) is 0 Å². The summed E-state index contributed by atoms with van der Waals surface area (Å²) in [5.74, 6) is -1.52. The SMILES string of the molecule is C=C(CCc1nnc([C@H]2C[C@H]2C(F)F)o1)NC(=O)COc1ccc(Cl)c(F)c1. The summed E-state index contributed by atoms with van der Waals surface area (Å²) in [6, 6.07) is 3.85. The van der Waals surface area contributed by atoms with E-state index in [-0.39, 0.29) is 29.2 Å². The molecule has 0 bridgehead atoms. The Hall–Kier alpha value is -2.55. The van der Waals surface area contributed by atoms with Crippen LogP contribution in [0.2, 0.25) is 5.02 Å². The van der Waals surface area contributed by atoms with Crippen LogP contribution in [0.25, 0.3) is 0 Å². The largest absolute Gasteiger partial charge is 0.484 e. The Morgan fingerprint density at radius 2 is 2.21 bits per heavy atom. The third-order valence-corrected chi connectivity index (χ3v) is 4.49. The first-order valence-electron chi connectivity index (χ1n) is 8.49. The molecule has 2 atom stereocenters. The molecule has 1 aromatic heterocycles. The van der Waals surface area contributed by atoms with Crippen LogP contribution < -0.4 is 10.1 Å². The van der Waals surface area contributed by atoms with Crippen molar-refractivity contribution >= 4 is 17.5 Å². The van der Waals surface area contributed by atoms with Gasteiger partial charge in [0, 0.05) is 30.0 Å². The lowest BCUT2D eigenvalue weighted by Crippen LogP contribution is -2.28. The Kier molecular flexibility index (Phi) is 6.23. The topological polar surface area (TPSA) is 77.3 Å². The molecule has 10 heteroatoms. The zero-order chi connectivity index (χ0) is 20.3. The number of aromatic nitrogens is 2. The van der Waals surface area contributed by atoms with Crippen molar-refractivity contribution in [2.24, 2.45) is 5.92 Å². The first-order valence-corrected chi connectivity index (χ1v) is 8.87. The summed E-state index contributed by atoms with van der Waals surface area (Å²) in [6.45, 7) is 3.39. The van der Waals surface area contributed by atoms with Gasteiger partial charge >= 0.3 is 0 Å². The summed E-state index contributed by atoms with van der Waals surface area (Å²) in [4.78, 5) is 11.9. The molecule has 0 radical (unpaired) electrons. The van der Waals surface area contributed by atoms with Crippen molar-refractivity contribution < 1.29 is 27.1 Å². The van der Waals surface area contributed by atoms with E-state index in [2.05, 4.69) is 22.1 Å². The molecule has 1 fully saturated rings. The van der Waals surface area contributed by atoms with Gasteiger partial charge in [-0.25, -0.2) is 13.2 Å². The molecule has 0 unspecified atom stereocenters. The van der Waals surface area contributed by atoms with Crippen LogP contribution >= 0.6 is 11.6 Å². The van der Waals surface area contributed by atoms with Gasteiger partial charge in [0.25, 0.3) is 5.91 Å². The summed E-state index contributed by atoms with van der Waals surface area (Å²) in [6.07, 6.45) is -1.41. The van der Waals surface area contributed by atoms with Crippen LogP contribution in [0.3, 0.4) is 0 Å². The fourth-order valence-electron chi connectivity index (χ4n) is 2.56. The lowest BCUT2D eigenvalue weighted by Gasteiger charge is -2.09. The van der Waals surface area contributed by atoms with Gasteiger partial charge in [0.2, 0.25) is 18.2 Å². The molecule has 1 saturated carbocycles. The number of alkyl halides is 2. The Labute approximate surface area is 163 Å². The van der Waals surface area contributed by atoms with Crippen LogP contribution in [-0.2, 0) is 11.2 Å². The molecule has 28 heavy (non-hydrogen) atoms. The molecular weight excluding hydrogens is 399 g/mol. The summed E-state index contributed by atoms with van der Waals surface area (Å²) < 4.78 is 49.0. The van der Waals surface area contributed by atoms with Gasteiger partial charge in [0.15, 0.2) is 6.61 Å². The van der Waals surface area contributed by atoms with E-state index >= 15 is 0 Å². The normalized spacial score (nSPS) is 18.2. The number of rotatable bonds is 9. The zero-order valence-electron chi connectivity index (χ0n) is 14.6. The van der Waals surface area contributed by atoms with Gasteiger partial charge < -0.3 is 14.5 Å². The molecule has 1 aliphatic rings. The average molecular weight is 416 g/mol. The van der Waals surface area contributed by atoms with Gasteiger partial charge in [0.1, 0.15) is 11.6 Å². The number of carbonyl (C=O) groups is 1. The molecule has 0 aliphatic heterocycles. The van der Waals surface area contributed by atoms with E-state index < -0.39 is 24.1 Å². The van der Waals surface area contributed by atoms with E-state index in [9.17, 15) is 18.0 Å². The van der Waals surface area contributed by atoms with E-state index in [1.54, 1.807) is 0 Å². The van der Waals surface area contributed by atoms with Crippen molar-refractivity contribution in [2.75, 3.05) is 6.61 Å². The highest BCUT2D eigenvalue weighted by Crippen LogP contribution is 2.50. The number of halogens is 4. The van der Waals surface area contributed by atoms with Crippen LogP contribution in [0.1, 0.15) is 30.5 Å². The van der Waals surface area contributed by atoms with Crippen molar-refractivity contribution in [3.63, 3.8) is 0 Å². The minimum atomic E-state index is -2.39. The molecule has 0 spiro atoms. The average Bonchev–Trinajstić information content (AvgIpc) is 3.32. The molecule has 1 aromatic carbocycles. The Morgan fingerprint density at radius 1 is 1.43 bits per heavy atom. The van der Waals surface area contributed by atoms with Gasteiger partial charge in [-0.2, -0.15) is 0 Å². The number of aryl methyl sites for hydroxylation is 1. The lowest BCUT2D eigenvalue weighted by molar-refractivity contribution is -0.122. The Bertz CT molecular complexity index is 875. The number of amides is 1. The maximum absolute atomic E-state index is 13.3. The van der Waals surface area contributed by atoms with Gasteiger partial charge in [0.05, 0.1) is 5.02 Å². The standard InChI is InChI=1S/C18H17ClF3N3O3/c1-9(23-15(26)8-27-10-3-4-13(19)14(20)6-10)2-5-16-24-25-18(28-16)12-7-11(12)17(21)22/h3-4,6,11-12,17H,1-2,5,7-8H2,(H,23,26)/t11-,12+/m1/s1. The number of ether oxygens (including phenoxy) is 1. The van der Waals surface area contributed by atoms with E-state index in [0.717, 1.165) is 6.07 Å². The van der Waals surface area contributed by atoms with Crippen LogP contribution in [0.5, 0.6) is 5.75 Å². The summed E-state index contributed by atoms with van der Waals surface area (Å²) in [5, 5.41) is 10.1. The van der Waals surface area contributed by atoms with Crippen LogP contribution in [-0.4, -0.2) is 29.1 Å². The number of nitrogens with one attached hydrogen (secondary N) is 1. The third kappa shape index (κ3) is 5.25. The maximum atomic E-state index is 13.3. The zero-order valence-corrected chi connectivity index (χ0v) is 15.4. The molecule has 150 valence electrons. The molecule has 0 saturated heterocycles. The van der Waals surface area contributed by atoms with Crippen LogP contribution in [0.4, 0.5) is 13.2 Å². The summed E-state index contributed by atoms with van der Waals surface area (Å²) in [7, 11) is 0. The van der Waals surface area contributed by atoms with E-state index in [1.165, 1.54) is 12.1 Å². The molecule has 1 amide bonds. The highest BCUT2D eigenvalue weighted by Gasteiger charge is 2.48. The highest BCUT2D eigenvalue weighted by atomic mass is 35.5. The minimum Gasteiger partial charge on any atom is -0.484 e. The van der Waals surface area contributed by atoms with E-state index in [0.29, 0.717) is 30.9 Å². The van der Waals surface area contributed by atoms with E-state index in [1.807, 2.05) is 0 Å². The van der Waals surface area contributed by atoms with Crippen LogP contribution in [0, 0.1) is 11.7 Å². The van der Waals surface area contributed by atoms with Gasteiger partial charge in [-0.15, -0.1) is 10.2 Å². The van der Waals surface area contributed by atoms with E-state index in [4.69, 9.17) is 20.8 Å². The Morgan fingerprint density at radius 3 is 2.89 bits per heavy atom. The van der Waals surface area contributed by atoms with Crippen molar-refractivity contribution in [1.82, 2.24) is 15.5 Å². The molecule has 6 nitrogen and oxygen atoms in total. The minimum absolute atomic E-state index is 0.0409. The van der Waals surface area contributed by atoms with Gasteiger partial charge in [-0.3, -0.25) is 4.79 Å². The monoisotopic (exact) mass is 415 g/mol. The predicted octanol–water partition coefficient (Wildman–Crippen LogP) is 3.87. The molecule has 2 aromatic rings. The highest BCUT2D eigenvalue weighted by molar-refractivity contribution is 6.30. The molecular formula is C18H17ClF3N3O3. The number of hydrogen-bond acceptors (Lipinski definition) is 5. The second-order valence-electron chi connectivity index (χ2n) is 6.39. The Balaban J connectivity index is 1.39. The number of carbonyl (C=O) groups excluding carboxylic acids is 1.